The van der Waals surface area contributed by atoms with Gasteiger partial charge in [-0.2, -0.15) is 0 Å². The van der Waals surface area contributed by atoms with Gasteiger partial charge in [0.25, 0.3) is 5.91 Å². The molecule has 5 heteroatoms. The molecule has 3 aromatic carbocycles. The summed E-state index contributed by atoms with van der Waals surface area (Å²) in [6.45, 7) is 3.99. The van der Waals surface area contributed by atoms with Crippen LogP contribution in [0.4, 0.5) is 11.5 Å². The maximum atomic E-state index is 12.9. The van der Waals surface area contributed by atoms with Crippen LogP contribution in [0.5, 0.6) is 0 Å². The molecule has 1 amide bonds. The number of nitrogens with one attached hydrogen (secondary N) is 2. The Kier molecular flexibility index (Phi) is 5.20. The van der Waals surface area contributed by atoms with Crippen LogP contribution in [0.3, 0.4) is 0 Å². The zero-order valence-electron chi connectivity index (χ0n) is 16.4. The van der Waals surface area contributed by atoms with E-state index in [2.05, 4.69) is 20.6 Å². The highest BCUT2D eigenvalue weighted by atomic mass is 16.2. The second-order valence-corrected chi connectivity index (χ2v) is 7.01. The highest BCUT2D eigenvalue weighted by Gasteiger charge is 2.17. The number of carbonyl (C=O) groups is 1. The van der Waals surface area contributed by atoms with Crippen LogP contribution < -0.4 is 10.6 Å². The van der Waals surface area contributed by atoms with Crippen molar-refractivity contribution in [1.29, 1.82) is 0 Å². The van der Waals surface area contributed by atoms with Crippen LogP contribution in [-0.2, 0) is 0 Å². The number of aryl methyl sites for hydroxylation is 1. The molecule has 0 radical (unpaired) electrons. The molecule has 29 heavy (non-hydrogen) atoms. The average molecular weight is 382 g/mol. The predicted octanol–water partition coefficient (Wildman–Crippen LogP) is 5.17. The topological polar surface area (TPSA) is 66.9 Å². The molecule has 1 aromatic heterocycles. The molecule has 0 aliphatic carbocycles. The molecule has 5 nitrogen and oxygen atoms in total. The minimum Gasteiger partial charge on any atom is -0.343 e. The molecule has 2 N–H and O–H groups in total. The normalized spacial score (nSPS) is 11.8. The third-order valence-corrected chi connectivity index (χ3v) is 4.77. The van der Waals surface area contributed by atoms with Crippen LogP contribution in [0.2, 0.25) is 0 Å². The van der Waals surface area contributed by atoms with Gasteiger partial charge in [0.05, 0.1) is 11.6 Å². The Labute approximate surface area is 169 Å². The number of benzene rings is 3. The largest absolute Gasteiger partial charge is 0.343 e. The van der Waals surface area contributed by atoms with Crippen molar-refractivity contribution in [2.24, 2.45) is 0 Å². The Morgan fingerprint density at radius 3 is 2.31 bits per heavy atom. The molecule has 0 spiro atoms. The number of para-hydroxylation sites is 1. The van der Waals surface area contributed by atoms with Gasteiger partial charge in [-0.05, 0) is 43.7 Å². The summed E-state index contributed by atoms with van der Waals surface area (Å²) in [4.78, 5) is 21.9. The first-order valence-electron chi connectivity index (χ1n) is 9.56. The Morgan fingerprint density at radius 1 is 0.862 bits per heavy atom. The predicted molar refractivity (Wildman–Crippen MR) is 116 cm³/mol. The molecular weight excluding hydrogens is 360 g/mol. The van der Waals surface area contributed by atoms with Gasteiger partial charge in [-0.25, -0.2) is 9.97 Å². The van der Waals surface area contributed by atoms with Crippen molar-refractivity contribution >= 4 is 28.3 Å². The van der Waals surface area contributed by atoms with Crippen molar-refractivity contribution < 1.29 is 4.79 Å². The first-order valence-corrected chi connectivity index (χ1v) is 9.56. The monoisotopic (exact) mass is 382 g/mol. The first-order chi connectivity index (χ1) is 14.1. The van der Waals surface area contributed by atoms with Crippen LogP contribution >= 0.6 is 0 Å². The van der Waals surface area contributed by atoms with Gasteiger partial charge in [-0.3, -0.25) is 4.79 Å². The van der Waals surface area contributed by atoms with Crippen LogP contribution in [0.1, 0.15) is 34.7 Å². The molecule has 4 rings (SSSR count). The van der Waals surface area contributed by atoms with Crippen LogP contribution in [0.25, 0.3) is 10.9 Å². The minimum atomic E-state index is -0.306. The number of amides is 1. The number of anilines is 2. The number of carbonyl (C=O) groups excluding carboxylic acids is 1. The van der Waals surface area contributed by atoms with E-state index in [9.17, 15) is 4.79 Å². The number of nitrogens with zero attached hydrogens (tertiary/aromatic N) is 2. The van der Waals surface area contributed by atoms with Gasteiger partial charge >= 0.3 is 0 Å². The fourth-order valence-corrected chi connectivity index (χ4v) is 3.13. The van der Waals surface area contributed by atoms with Gasteiger partial charge in [0, 0.05) is 11.1 Å². The second kappa shape index (κ2) is 8.10. The molecule has 0 saturated carbocycles. The lowest BCUT2D eigenvalue weighted by molar-refractivity contribution is 0.0930. The summed E-state index contributed by atoms with van der Waals surface area (Å²) in [5.74, 6) is 0.442. The SMILES string of the molecule is Cc1ccc(Nc2nc(C(=O)N[C@@H](C)c3ccccc3)nc3ccccc23)cc1. The maximum Gasteiger partial charge on any atom is 0.289 e. The molecule has 1 heterocycles. The molecule has 0 bridgehead atoms. The van der Waals surface area contributed by atoms with E-state index in [1.54, 1.807) is 0 Å². The van der Waals surface area contributed by atoms with Crippen molar-refractivity contribution in [3.63, 3.8) is 0 Å². The van der Waals surface area contributed by atoms with Crippen molar-refractivity contribution in [2.45, 2.75) is 19.9 Å². The highest BCUT2D eigenvalue weighted by Crippen LogP contribution is 2.24. The Balaban J connectivity index is 1.66. The molecule has 0 fully saturated rings. The lowest BCUT2D eigenvalue weighted by Gasteiger charge is -2.15. The summed E-state index contributed by atoms with van der Waals surface area (Å²) in [6.07, 6.45) is 0. The number of fused-ring (bicyclic) bond motifs is 1. The smallest absolute Gasteiger partial charge is 0.289 e. The fraction of sp³-hybridized carbons (Fsp3) is 0.125. The lowest BCUT2D eigenvalue weighted by atomic mass is 10.1. The summed E-state index contributed by atoms with van der Waals surface area (Å²) in [5, 5.41) is 7.17. The van der Waals surface area contributed by atoms with E-state index in [4.69, 9.17) is 0 Å². The molecule has 0 unspecified atom stereocenters. The molecule has 1 atom stereocenters. The van der Waals surface area contributed by atoms with Crippen LogP contribution in [-0.4, -0.2) is 15.9 Å². The van der Waals surface area contributed by atoms with E-state index >= 15 is 0 Å². The summed E-state index contributed by atoms with van der Waals surface area (Å²) in [7, 11) is 0. The molecular formula is C24H22N4O. The highest BCUT2D eigenvalue weighted by molar-refractivity contribution is 5.97. The third kappa shape index (κ3) is 4.24. The van der Waals surface area contributed by atoms with Gasteiger partial charge in [0.1, 0.15) is 5.82 Å². The standard InChI is InChI=1S/C24H22N4O/c1-16-12-14-19(15-13-16)26-22-20-10-6-7-11-21(20)27-23(28-22)24(29)25-17(2)18-8-4-3-5-9-18/h3-15,17H,1-2H3,(H,25,29)(H,26,27,28)/t17-/m0/s1. The lowest BCUT2D eigenvalue weighted by Crippen LogP contribution is -2.28. The summed E-state index contributed by atoms with van der Waals surface area (Å²) < 4.78 is 0. The molecule has 4 aromatic rings. The molecule has 144 valence electrons. The molecule has 0 aliphatic heterocycles. The van der Waals surface area contributed by atoms with Crippen molar-refractivity contribution in [2.75, 3.05) is 5.32 Å². The van der Waals surface area contributed by atoms with Gasteiger partial charge < -0.3 is 10.6 Å². The Hall–Kier alpha value is -3.73. The summed E-state index contributed by atoms with van der Waals surface area (Å²) in [5.41, 5.74) is 3.83. The van der Waals surface area contributed by atoms with Gasteiger partial charge in [-0.15, -0.1) is 0 Å². The van der Waals surface area contributed by atoms with Crippen LogP contribution in [0.15, 0.2) is 78.9 Å². The van der Waals surface area contributed by atoms with E-state index in [1.165, 1.54) is 5.56 Å². The minimum absolute atomic E-state index is 0.140. The summed E-state index contributed by atoms with van der Waals surface area (Å²) >= 11 is 0. The number of hydrogen-bond donors (Lipinski definition) is 2. The van der Waals surface area contributed by atoms with Crippen molar-refractivity contribution in [1.82, 2.24) is 15.3 Å². The van der Waals surface area contributed by atoms with Gasteiger partial charge in [0.2, 0.25) is 5.82 Å². The van der Waals surface area contributed by atoms with Crippen LogP contribution in [0, 0.1) is 6.92 Å². The zero-order chi connectivity index (χ0) is 20.2. The molecule has 0 aliphatic rings. The third-order valence-electron chi connectivity index (χ3n) is 4.77. The van der Waals surface area contributed by atoms with Gasteiger partial charge in [-0.1, -0.05) is 60.2 Å². The zero-order valence-corrected chi connectivity index (χ0v) is 16.4. The van der Waals surface area contributed by atoms with Crippen molar-refractivity contribution in [3.8, 4) is 0 Å². The van der Waals surface area contributed by atoms with Crippen molar-refractivity contribution in [3.05, 3.63) is 95.8 Å². The number of rotatable bonds is 5. The van der Waals surface area contributed by atoms with E-state index in [0.29, 0.717) is 5.82 Å². The van der Waals surface area contributed by atoms with E-state index < -0.39 is 0 Å². The fourth-order valence-electron chi connectivity index (χ4n) is 3.13. The van der Waals surface area contributed by atoms with E-state index in [0.717, 1.165) is 22.2 Å². The number of hydrogen-bond acceptors (Lipinski definition) is 4. The first kappa shape index (κ1) is 18.6. The number of aromatic nitrogens is 2. The Morgan fingerprint density at radius 2 is 1.55 bits per heavy atom. The summed E-state index contributed by atoms with van der Waals surface area (Å²) in [6, 6.07) is 25.4. The van der Waals surface area contributed by atoms with E-state index in [-0.39, 0.29) is 17.8 Å². The maximum absolute atomic E-state index is 12.9. The average Bonchev–Trinajstić information content (AvgIpc) is 2.75. The Bertz CT molecular complexity index is 1140. The van der Waals surface area contributed by atoms with Gasteiger partial charge in [0.15, 0.2) is 0 Å². The second-order valence-electron chi connectivity index (χ2n) is 7.01. The quantitative estimate of drug-likeness (QED) is 0.499. The van der Waals surface area contributed by atoms with E-state index in [1.807, 2.05) is 92.7 Å². The molecule has 0 saturated heterocycles.